The lowest BCUT2D eigenvalue weighted by Gasteiger charge is -2.07. The normalized spacial score (nSPS) is 10.5. The Morgan fingerprint density at radius 1 is 1.41 bits per heavy atom. The molecule has 1 aromatic carbocycles. The summed E-state index contributed by atoms with van der Waals surface area (Å²) in [7, 11) is 0. The van der Waals surface area contributed by atoms with Crippen LogP contribution in [0.25, 0.3) is 11.4 Å². The van der Waals surface area contributed by atoms with E-state index in [0.717, 1.165) is 28.0 Å². The number of halogens is 1. The smallest absolute Gasteiger partial charge is 0.144 e. The summed E-state index contributed by atoms with van der Waals surface area (Å²) >= 11 is 8.71. The van der Waals surface area contributed by atoms with E-state index in [-0.39, 0.29) is 0 Å². The van der Waals surface area contributed by atoms with Gasteiger partial charge in [0.1, 0.15) is 10.5 Å². The van der Waals surface area contributed by atoms with Crippen LogP contribution >= 0.6 is 28.1 Å². The van der Waals surface area contributed by atoms with E-state index >= 15 is 0 Å². The van der Waals surface area contributed by atoms with Gasteiger partial charge in [-0.15, -0.1) is 0 Å². The summed E-state index contributed by atoms with van der Waals surface area (Å²) < 4.78 is 1.50. The van der Waals surface area contributed by atoms with Gasteiger partial charge in [0, 0.05) is 11.3 Å². The molecule has 2 nitrogen and oxygen atoms in total. The predicted molar refractivity (Wildman–Crippen MR) is 76.7 cm³/mol. The topological polar surface area (TPSA) is 28.7 Å². The number of hydrogen-bond acceptors (Lipinski definition) is 2. The van der Waals surface area contributed by atoms with Gasteiger partial charge in [0.25, 0.3) is 0 Å². The second-order valence-electron chi connectivity index (χ2n) is 3.91. The minimum Gasteiger partial charge on any atom is -0.342 e. The molecular formula is C13H13BrN2S. The van der Waals surface area contributed by atoms with E-state index in [1.807, 2.05) is 12.1 Å². The highest BCUT2D eigenvalue weighted by atomic mass is 79.9. The largest absolute Gasteiger partial charge is 0.342 e. The summed E-state index contributed by atoms with van der Waals surface area (Å²) in [5.74, 6) is 0.832. The molecule has 0 aliphatic heterocycles. The monoisotopic (exact) mass is 308 g/mol. The van der Waals surface area contributed by atoms with Crippen molar-refractivity contribution >= 4 is 28.1 Å². The van der Waals surface area contributed by atoms with Gasteiger partial charge in [-0.05, 0) is 35.3 Å². The molecule has 88 valence electrons. The molecule has 4 heteroatoms. The van der Waals surface area contributed by atoms with E-state index in [0.29, 0.717) is 4.64 Å². The fourth-order valence-electron chi connectivity index (χ4n) is 1.68. The van der Waals surface area contributed by atoms with Crippen molar-refractivity contribution in [3.63, 3.8) is 0 Å². The highest BCUT2D eigenvalue weighted by Crippen LogP contribution is 2.22. The van der Waals surface area contributed by atoms with Crippen molar-refractivity contribution in [2.75, 3.05) is 0 Å². The van der Waals surface area contributed by atoms with Gasteiger partial charge in [-0.3, -0.25) is 0 Å². The zero-order valence-electron chi connectivity index (χ0n) is 9.75. The number of nitrogens with one attached hydrogen (secondary N) is 1. The van der Waals surface area contributed by atoms with Crippen molar-refractivity contribution in [1.29, 1.82) is 0 Å². The van der Waals surface area contributed by atoms with Gasteiger partial charge in [-0.25, -0.2) is 4.98 Å². The highest BCUT2D eigenvalue weighted by Gasteiger charge is 2.06. The minimum absolute atomic E-state index is 0.608. The maximum atomic E-state index is 5.25. The molecule has 1 N–H and O–H groups in total. The number of benzene rings is 1. The predicted octanol–water partition coefficient (Wildman–Crippen LogP) is 4.44. The van der Waals surface area contributed by atoms with Gasteiger partial charge in [0.15, 0.2) is 0 Å². The Balaban J connectivity index is 2.61. The Bertz CT molecular complexity index is 605. The van der Waals surface area contributed by atoms with Crippen molar-refractivity contribution in [1.82, 2.24) is 9.97 Å². The van der Waals surface area contributed by atoms with Crippen LogP contribution < -0.4 is 0 Å². The third-order valence-electron chi connectivity index (χ3n) is 2.58. The first-order valence-corrected chi connectivity index (χ1v) is 6.67. The van der Waals surface area contributed by atoms with Crippen LogP contribution in [-0.4, -0.2) is 9.97 Å². The molecule has 0 atom stereocenters. The third kappa shape index (κ3) is 2.64. The molecule has 0 unspecified atom stereocenters. The van der Waals surface area contributed by atoms with Crippen LogP contribution in [0.1, 0.15) is 18.2 Å². The van der Waals surface area contributed by atoms with Crippen LogP contribution in [0.3, 0.4) is 0 Å². The van der Waals surface area contributed by atoms with Crippen molar-refractivity contribution < 1.29 is 0 Å². The van der Waals surface area contributed by atoms with Gasteiger partial charge in [-0.1, -0.05) is 42.9 Å². The van der Waals surface area contributed by atoms with E-state index in [2.05, 4.69) is 51.9 Å². The molecule has 0 saturated carbocycles. The molecular weight excluding hydrogens is 296 g/mol. The maximum Gasteiger partial charge on any atom is 0.144 e. The fraction of sp³-hybridized carbons (Fsp3) is 0.231. The molecule has 2 aromatic rings. The second kappa shape index (κ2) is 5.10. The van der Waals surface area contributed by atoms with Crippen molar-refractivity contribution in [2.45, 2.75) is 20.3 Å². The number of hydrogen-bond donors (Lipinski definition) is 1. The third-order valence-corrected chi connectivity index (χ3v) is 3.99. The molecule has 0 bridgehead atoms. The molecule has 0 radical (unpaired) electrons. The van der Waals surface area contributed by atoms with E-state index in [4.69, 9.17) is 12.2 Å². The molecule has 2 rings (SSSR count). The zero-order chi connectivity index (χ0) is 12.4. The molecule has 0 amide bonds. The lowest BCUT2D eigenvalue weighted by atomic mass is 10.1. The number of aromatic amines is 1. The van der Waals surface area contributed by atoms with Crippen molar-refractivity contribution in [3.05, 3.63) is 44.6 Å². The number of aromatic nitrogens is 2. The SMILES string of the molecule is CCc1[nH]c(-c2cccc(C)c2)nc(=S)c1Br. The average Bonchev–Trinajstić information content (AvgIpc) is 2.32. The molecule has 0 aliphatic rings. The number of H-pyrrole nitrogens is 1. The summed E-state index contributed by atoms with van der Waals surface area (Å²) in [6.45, 7) is 4.16. The maximum absolute atomic E-state index is 5.25. The van der Waals surface area contributed by atoms with E-state index < -0.39 is 0 Å². The first-order chi connectivity index (χ1) is 8.11. The van der Waals surface area contributed by atoms with Crippen LogP contribution in [0.4, 0.5) is 0 Å². The van der Waals surface area contributed by atoms with Crippen LogP contribution in [0.15, 0.2) is 28.7 Å². The van der Waals surface area contributed by atoms with Gasteiger partial charge < -0.3 is 4.98 Å². The fourth-order valence-corrected chi connectivity index (χ4v) is 2.36. The van der Waals surface area contributed by atoms with Crippen molar-refractivity contribution in [2.24, 2.45) is 0 Å². The average molecular weight is 309 g/mol. The van der Waals surface area contributed by atoms with Crippen LogP contribution in [0, 0.1) is 11.6 Å². The number of aryl methyl sites for hydroxylation is 2. The molecule has 1 aromatic heterocycles. The van der Waals surface area contributed by atoms with Gasteiger partial charge >= 0.3 is 0 Å². The van der Waals surface area contributed by atoms with E-state index in [1.54, 1.807) is 0 Å². The Morgan fingerprint density at radius 2 is 2.18 bits per heavy atom. The molecule has 17 heavy (non-hydrogen) atoms. The van der Waals surface area contributed by atoms with Crippen molar-refractivity contribution in [3.8, 4) is 11.4 Å². The standard InChI is InChI=1S/C13H13BrN2S/c1-3-10-11(14)13(17)16-12(15-10)9-6-4-5-8(2)7-9/h4-7H,3H2,1-2H3,(H,15,16,17). The Hall–Kier alpha value is -1.00. The summed E-state index contributed by atoms with van der Waals surface area (Å²) in [6.07, 6.45) is 0.894. The van der Waals surface area contributed by atoms with Gasteiger partial charge in [0.05, 0.1) is 4.47 Å². The number of rotatable bonds is 2. The first kappa shape index (κ1) is 12.5. The van der Waals surface area contributed by atoms with Crippen LogP contribution in [0.5, 0.6) is 0 Å². The van der Waals surface area contributed by atoms with Crippen LogP contribution in [0.2, 0.25) is 0 Å². The lowest BCUT2D eigenvalue weighted by molar-refractivity contribution is 0.983. The Labute approximate surface area is 114 Å². The Morgan fingerprint density at radius 3 is 2.82 bits per heavy atom. The van der Waals surface area contributed by atoms with E-state index in [9.17, 15) is 0 Å². The first-order valence-electron chi connectivity index (χ1n) is 5.47. The molecule has 0 fully saturated rings. The minimum atomic E-state index is 0.608. The highest BCUT2D eigenvalue weighted by molar-refractivity contribution is 9.10. The molecule has 1 heterocycles. The van der Waals surface area contributed by atoms with E-state index in [1.165, 1.54) is 5.56 Å². The molecule has 0 saturated heterocycles. The zero-order valence-corrected chi connectivity index (χ0v) is 12.2. The Kier molecular flexibility index (Phi) is 3.74. The lowest BCUT2D eigenvalue weighted by Crippen LogP contribution is -1.97. The van der Waals surface area contributed by atoms with Gasteiger partial charge in [0.2, 0.25) is 0 Å². The second-order valence-corrected chi connectivity index (χ2v) is 5.09. The summed E-state index contributed by atoms with van der Waals surface area (Å²) in [5.41, 5.74) is 3.37. The number of nitrogens with zero attached hydrogens (tertiary/aromatic N) is 1. The molecule has 0 spiro atoms. The summed E-state index contributed by atoms with van der Waals surface area (Å²) in [4.78, 5) is 7.73. The summed E-state index contributed by atoms with van der Waals surface area (Å²) in [6, 6.07) is 8.23. The summed E-state index contributed by atoms with van der Waals surface area (Å²) in [5, 5.41) is 0. The van der Waals surface area contributed by atoms with Crippen LogP contribution in [-0.2, 0) is 6.42 Å². The molecule has 0 aliphatic carbocycles. The quantitative estimate of drug-likeness (QED) is 0.831. The van der Waals surface area contributed by atoms with Gasteiger partial charge in [-0.2, -0.15) is 0 Å².